The minimum absolute atomic E-state index is 0.362. The van der Waals surface area contributed by atoms with Gasteiger partial charge in [0.05, 0.1) is 16.8 Å². The van der Waals surface area contributed by atoms with Crippen LogP contribution >= 0.6 is 11.6 Å². The van der Waals surface area contributed by atoms with Gasteiger partial charge in [0.15, 0.2) is 5.82 Å². The van der Waals surface area contributed by atoms with Gasteiger partial charge in [-0.3, -0.25) is 0 Å². The van der Waals surface area contributed by atoms with Crippen LogP contribution in [0, 0.1) is 0 Å². The van der Waals surface area contributed by atoms with Crippen LogP contribution in [-0.2, 0) is 0 Å². The van der Waals surface area contributed by atoms with Crippen molar-refractivity contribution in [3.8, 4) is 11.4 Å². The van der Waals surface area contributed by atoms with Gasteiger partial charge in [0.25, 0.3) is 0 Å². The molecule has 0 unspecified atom stereocenters. The quantitative estimate of drug-likeness (QED) is 0.679. The molecule has 3 rings (SSSR count). The second-order valence-corrected chi connectivity index (χ2v) is 5.70. The van der Waals surface area contributed by atoms with E-state index in [4.69, 9.17) is 17.3 Å². The summed E-state index contributed by atoms with van der Waals surface area (Å²) in [6.45, 7) is 0. The van der Waals surface area contributed by atoms with Crippen LogP contribution in [0.2, 0.25) is 5.02 Å². The predicted octanol–water partition coefficient (Wildman–Crippen LogP) is 3.47. The number of aromatic nitrogens is 4. The lowest BCUT2D eigenvalue weighted by molar-refractivity contribution is 0.400. The SMILES string of the molecule is Nc1c(Cl)cccc1-c1nnnn1C1CCCCCC1. The molecule has 0 radical (unpaired) electrons. The number of anilines is 1. The maximum atomic E-state index is 6.09. The summed E-state index contributed by atoms with van der Waals surface area (Å²) >= 11 is 6.09. The average Bonchev–Trinajstić information content (AvgIpc) is 2.77. The first-order valence-electron chi connectivity index (χ1n) is 7.09. The molecule has 1 saturated carbocycles. The number of nitrogen functional groups attached to an aromatic ring is 1. The van der Waals surface area contributed by atoms with Gasteiger partial charge in [-0.1, -0.05) is 43.4 Å². The fourth-order valence-corrected chi connectivity index (χ4v) is 3.03. The van der Waals surface area contributed by atoms with Gasteiger partial charge in [0.2, 0.25) is 0 Å². The van der Waals surface area contributed by atoms with Gasteiger partial charge < -0.3 is 5.73 Å². The minimum atomic E-state index is 0.362. The Morgan fingerprint density at radius 2 is 1.90 bits per heavy atom. The van der Waals surface area contributed by atoms with Crippen molar-refractivity contribution in [2.45, 2.75) is 44.6 Å². The molecule has 0 bridgehead atoms. The Hall–Kier alpha value is -1.62. The first-order valence-corrected chi connectivity index (χ1v) is 7.47. The van der Waals surface area contributed by atoms with Crippen LogP contribution in [-0.4, -0.2) is 20.2 Å². The third-order valence-electron chi connectivity index (χ3n) is 3.96. The molecule has 1 aliphatic carbocycles. The molecule has 20 heavy (non-hydrogen) atoms. The summed E-state index contributed by atoms with van der Waals surface area (Å²) in [7, 11) is 0. The van der Waals surface area contributed by atoms with Crippen LogP contribution in [0.15, 0.2) is 18.2 Å². The Balaban J connectivity index is 1.99. The zero-order valence-corrected chi connectivity index (χ0v) is 12.1. The third-order valence-corrected chi connectivity index (χ3v) is 4.29. The van der Waals surface area contributed by atoms with Crippen molar-refractivity contribution >= 4 is 17.3 Å². The molecule has 0 spiro atoms. The Morgan fingerprint density at radius 1 is 1.15 bits per heavy atom. The van der Waals surface area contributed by atoms with Crippen molar-refractivity contribution in [1.82, 2.24) is 20.2 Å². The van der Waals surface area contributed by atoms with Gasteiger partial charge in [-0.25, -0.2) is 4.68 Å². The number of rotatable bonds is 2. The van der Waals surface area contributed by atoms with Gasteiger partial charge >= 0.3 is 0 Å². The zero-order chi connectivity index (χ0) is 13.9. The van der Waals surface area contributed by atoms with Crippen LogP contribution in [0.4, 0.5) is 5.69 Å². The largest absolute Gasteiger partial charge is 0.397 e. The molecular weight excluding hydrogens is 274 g/mol. The number of hydrogen-bond donors (Lipinski definition) is 1. The van der Waals surface area contributed by atoms with Crippen LogP contribution in [0.5, 0.6) is 0 Å². The summed E-state index contributed by atoms with van der Waals surface area (Å²) < 4.78 is 1.92. The molecule has 1 aliphatic rings. The smallest absolute Gasteiger partial charge is 0.184 e. The molecule has 106 valence electrons. The topological polar surface area (TPSA) is 69.6 Å². The van der Waals surface area contributed by atoms with Crippen LogP contribution in [0.1, 0.15) is 44.6 Å². The molecule has 1 fully saturated rings. The van der Waals surface area contributed by atoms with Gasteiger partial charge in [-0.2, -0.15) is 0 Å². The highest BCUT2D eigenvalue weighted by Gasteiger charge is 2.21. The number of tetrazole rings is 1. The zero-order valence-electron chi connectivity index (χ0n) is 11.3. The lowest BCUT2D eigenvalue weighted by atomic mass is 10.1. The molecule has 0 aliphatic heterocycles. The Morgan fingerprint density at radius 3 is 2.65 bits per heavy atom. The van der Waals surface area contributed by atoms with E-state index in [1.807, 2.05) is 16.8 Å². The van der Waals surface area contributed by atoms with Gasteiger partial charge in [0.1, 0.15) is 0 Å². The van der Waals surface area contributed by atoms with Crippen molar-refractivity contribution in [3.63, 3.8) is 0 Å². The maximum absolute atomic E-state index is 6.09. The predicted molar refractivity (Wildman–Crippen MR) is 79.4 cm³/mol. The van der Waals surface area contributed by atoms with E-state index in [1.165, 1.54) is 25.7 Å². The van der Waals surface area contributed by atoms with Crippen LogP contribution in [0.3, 0.4) is 0 Å². The lowest BCUT2D eigenvalue weighted by Gasteiger charge is -2.16. The van der Waals surface area contributed by atoms with Crippen molar-refractivity contribution in [2.75, 3.05) is 5.73 Å². The molecule has 0 atom stereocenters. The standard InChI is InChI=1S/C14H18ClN5/c15-12-9-5-8-11(13(12)16)14-17-18-19-20(14)10-6-3-1-2-4-7-10/h5,8-10H,1-4,6-7,16H2. The van der Waals surface area contributed by atoms with Crippen LogP contribution < -0.4 is 5.73 Å². The number of para-hydroxylation sites is 1. The number of benzene rings is 1. The summed E-state index contributed by atoms with van der Waals surface area (Å²) in [5.41, 5.74) is 7.41. The molecule has 6 heteroatoms. The van der Waals surface area contributed by atoms with Gasteiger partial charge in [-0.05, 0) is 35.4 Å². The highest BCUT2D eigenvalue weighted by molar-refractivity contribution is 6.33. The van der Waals surface area contributed by atoms with Gasteiger partial charge in [-0.15, -0.1) is 5.10 Å². The average molecular weight is 292 g/mol. The molecular formula is C14H18ClN5. The first kappa shape index (κ1) is 13.4. The highest BCUT2D eigenvalue weighted by Crippen LogP contribution is 2.33. The van der Waals surface area contributed by atoms with E-state index < -0.39 is 0 Å². The monoisotopic (exact) mass is 291 g/mol. The second kappa shape index (κ2) is 5.79. The Labute approximate surface area is 123 Å². The number of nitrogens with two attached hydrogens (primary N) is 1. The molecule has 1 heterocycles. The summed E-state index contributed by atoms with van der Waals surface area (Å²) in [5, 5.41) is 12.7. The van der Waals surface area contributed by atoms with Crippen molar-refractivity contribution < 1.29 is 0 Å². The van der Waals surface area contributed by atoms with E-state index in [2.05, 4.69) is 15.5 Å². The van der Waals surface area contributed by atoms with Crippen molar-refractivity contribution in [2.24, 2.45) is 0 Å². The van der Waals surface area contributed by atoms with E-state index >= 15 is 0 Å². The maximum Gasteiger partial charge on any atom is 0.184 e. The van der Waals surface area contributed by atoms with E-state index in [-0.39, 0.29) is 0 Å². The molecule has 2 N–H and O–H groups in total. The lowest BCUT2D eigenvalue weighted by Crippen LogP contribution is -2.12. The molecule has 5 nitrogen and oxygen atoms in total. The summed E-state index contributed by atoms with van der Waals surface area (Å²) in [6.07, 6.45) is 7.31. The number of hydrogen-bond acceptors (Lipinski definition) is 4. The fourth-order valence-electron chi connectivity index (χ4n) is 2.85. The summed E-state index contributed by atoms with van der Waals surface area (Å²) in [4.78, 5) is 0. The molecule has 0 amide bonds. The minimum Gasteiger partial charge on any atom is -0.397 e. The first-order chi connectivity index (χ1) is 9.77. The van der Waals surface area contributed by atoms with Crippen molar-refractivity contribution in [3.05, 3.63) is 23.2 Å². The second-order valence-electron chi connectivity index (χ2n) is 5.29. The van der Waals surface area contributed by atoms with E-state index in [1.54, 1.807) is 6.07 Å². The van der Waals surface area contributed by atoms with E-state index in [9.17, 15) is 0 Å². The van der Waals surface area contributed by atoms with Gasteiger partial charge in [0, 0.05) is 5.56 Å². The van der Waals surface area contributed by atoms with Crippen LogP contribution in [0.25, 0.3) is 11.4 Å². The highest BCUT2D eigenvalue weighted by atomic mass is 35.5. The Kier molecular flexibility index (Phi) is 3.87. The third kappa shape index (κ3) is 2.50. The molecule has 1 aromatic heterocycles. The van der Waals surface area contributed by atoms with E-state index in [0.29, 0.717) is 16.8 Å². The molecule has 1 aromatic carbocycles. The normalized spacial score (nSPS) is 17.1. The van der Waals surface area contributed by atoms with E-state index in [0.717, 1.165) is 24.2 Å². The molecule has 2 aromatic rings. The fraction of sp³-hybridized carbons (Fsp3) is 0.500. The van der Waals surface area contributed by atoms with Crippen molar-refractivity contribution in [1.29, 1.82) is 0 Å². The number of nitrogens with zero attached hydrogens (tertiary/aromatic N) is 4. The molecule has 0 saturated heterocycles. The summed E-state index contributed by atoms with van der Waals surface area (Å²) in [5.74, 6) is 0.719. The summed E-state index contributed by atoms with van der Waals surface area (Å²) in [6, 6.07) is 5.93. The Bertz CT molecular complexity index is 587. The number of halogens is 1.